The van der Waals surface area contributed by atoms with Crippen molar-refractivity contribution in [3.05, 3.63) is 95.2 Å². The molecule has 12 heteroatoms. The molecular formula is C28H32FN7O2S2. The quantitative estimate of drug-likeness (QED) is 0.331. The molecule has 40 heavy (non-hydrogen) atoms. The number of piperazine rings is 2. The lowest BCUT2D eigenvalue weighted by atomic mass is 10.0. The Balaban J connectivity index is 1.20. The monoisotopic (exact) mass is 581 g/mol. The molecule has 0 radical (unpaired) electrons. The second-order valence-electron chi connectivity index (χ2n) is 10.5. The van der Waals surface area contributed by atoms with Gasteiger partial charge in [0.2, 0.25) is 0 Å². The molecule has 1 aromatic carbocycles. The maximum Gasteiger partial charge on any atom is 0.254 e. The van der Waals surface area contributed by atoms with Crippen LogP contribution in [0.15, 0.2) is 71.6 Å². The number of likely N-dealkylation sites (N-methyl/N-ethyl adjacent to an activating group) is 1. The highest BCUT2D eigenvalue weighted by atomic mass is 32.2. The third-order valence-electron chi connectivity index (χ3n) is 7.89. The fourth-order valence-electron chi connectivity index (χ4n) is 5.81. The number of halogens is 1. The van der Waals surface area contributed by atoms with E-state index in [-0.39, 0.29) is 28.2 Å². The maximum absolute atomic E-state index is 13.7. The van der Waals surface area contributed by atoms with E-state index in [1.54, 1.807) is 10.5 Å². The molecule has 210 valence electrons. The van der Waals surface area contributed by atoms with E-state index < -0.39 is 10.0 Å². The topological polar surface area (TPSA) is 87.5 Å². The largest absolute Gasteiger partial charge is 0.326 e. The minimum absolute atomic E-state index is 0.0166. The molecule has 4 aromatic rings. The van der Waals surface area contributed by atoms with Gasteiger partial charge in [0.05, 0.1) is 35.3 Å². The molecule has 0 N–H and O–H groups in total. The number of fused-ring (bicyclic) bond motifs is 1. The lowest BCUT2D eigenvalue weighted by Gasteiger charge is -2.50. The van der Waals surface area contributed by atoms with E-state index in [2.05, 4.69) is 43.3 Å². The Bertz CT molecular complexity index is 1560. The third kappa shape index (κ3) is 5.34. The molecule has 3 aromatic heterocycles. The summed E-state index contributed by atoms with van der Waals surface area (Å²) in [6, 6.07) is 12.4. The highest BCUT2D eigenvalue weighted by Gasteiger charge is 2.42. The van der Waals surface area contributed by atoms with Crippen LogP contribution in [0.4, 0.5) is 4.39 Å². The summed E-state index contributed by atoms with van der Waals surface area (Å²) in [6.45, 7) is 5.13. The van der Waals surface area contributed by atoms with E-state index in [1.807, 2.05) is 42.9 Å². The zero-order valence-corrected chi connectivity index (χ0v) is 24.1. The second-order valence-corrected chi connectivity index (χ2v) is 13.8. The summed E-state index contributed by atoms with van der Waals surface area (Å²) in [5.74, 6) is -0.255. The van der Waals surface area contributed by atoms with Crippen LogP contribution in [0.1, 0.15) is 41.0 Å². The van der Waals surface area contributed by atoms with Gasteiger partial charge in [0, 0.05) is 63.3 Å². The van der Waals surface area contributed by atoms with Crippen LogP contribution in [0.2, 0.25) is 0 Å². The number of benzene rings is 1. The molecule has 9 nitrogen and oxygen atoms in total. The summed E-state index contributed by atoms with van der Waals surface area (Å²) in [7, 11) is -1.58. The predicted molar refractivity (Wildman–Crippen MR) is 151 cm³/mol. The molecule has 2 aliphatic heterocycles. The van der Waals surface area contributed by atoms with Gasteiger partial charge in [0.25, 0.3) is 10.0 Å². The Hall–Kier alpha value is -3.03. The molecule has 2 fully saturated rings. The molecule has 6 rings (SSSR count). The van der Waals surface area contributed by atoms with Gasteiger partial charge in [-0.25, -0.2) is 22.8 Å². The Labute approximate surface area is 238 Å². The van der Waals surface area contributed by atoms with Gasteiger partial charge in [-0.3, -0.25) is 9.88 Å². The van der Waals surface area contributed by atoms with Gasteiger partial charge in [-0.2, -0.15) is 4.31 Å². The molecule has 0 spiro atoms. The first-order valence-electron chi connectivity index (χ1n) is 13.4. The number of sulfonamides is 1. The minimum atomic E-state index is -3.66. The fourth-order valence-corrected chi connectivity index (χ4v) is 8.63. The third-order valence-corrected chi connectivity index (χ3v) is 11.2. The SMILES string of the molecule is C[C@H](c1ccc(F)cc1)n1cncc1C1CN(C)CC2CN(S(=O)(=O)c3cnc(Cc4ccccn4)s3)CCN21. The van der Waals surface area contributed by atoms with Gasteiger partial charge in [0.1, 0.15) is 5.82 Å². The van der Waals surface area contributed by atoms with Crippen molar-refractivity contribution in [2.75, 3.05) is 39.8 Å². The first-order chi connectivity index (χ1) is 19.3. The number of rotatable bonds is 7. The average Bonchev–Trinajstić information content (AvgIpc) is 3.63. The molecule has 2 aliphatic rings. The number of hydrogen-bond acceptors (Lipinski definition) is 8. The molecule has 2 unspecified atom stereocenters. The van der Waals surface area contributed by atoms with E-state index in [0.29, 0.717) is 26.1 Å². The number of thiazole rings is 1. The Morgan fingerprint density at radius 1 is 1.05 bits per heavy atom. The molecule has 2 saturated heterocycles. The Kier molecular flexibility index (Phi) is 7.53. The highest BCUT2D eigenvalue weighted by molar-refractivity contribution is 7.91. The zero-order chi connectivity index (χ0) is 27.9. The van der Waals surface area contributed by atoms with Gasteiger partial charge in [0.15, 0.2) is 4.21 Å². The van der Waals surface area contributed by atoms with Crippen LogP contribution in [0.5, 0.6) is 0 Å². The van der Waals surface area contributed by atoms with Crippen molar-refractivity contribution in [3.8, 4) is 0 Å². The summed E-state index contributed by atoms with van der Waals surface area (Å²) < 4.78 is 44.9. The van der Waals surface area contributed by atoms with Crippen molar-refractivity contribution in [1.29, 1.82) is 0 Å². The highest BCUT2D eigenvalue weighted by Crippen LogP contribution is 2.34. The van der Waals surface area contributed by atoms with Gasteiger partial charge < -0.3 is 9.47 Å². The van der Waals surface area contributed by atoms with Crippen LogP contribution in [0, 0.1) is 5.82 Å². The molecule has 3 atom stereocenters. The molecule has 0 aliphatic carbocycles. The lowest BCUT2D eigenvalue weighted by Crippen LogP contribution is -2.63. The van der Waals surface area contributed by atoms with Crippen LogP contribution >= 0.6 is 11.3 Å². The molecular weight excluding hydrogens is 549 g/mol. The predicted octanol–water partition coefficient (Wildman–Crippen LogP) is 3.44. The fraction of sp³-hybridized carbons (Fsp3) is 0.393. The molecule has 0 amide bonds. The van der Waals surface area contributed by atoms with Crippen molar-refractivity contribution >= 4 is 21.4 Å². The van der Waals surface area contributed by atoms with Gasteiger partial charge in [-0.15, -0.1) is 11.3 Å². The summed E-state index contributed by atoms with van der Waals surface area (Å²) in [6.07, 6.45) is 7.46. The zero-order valence-electron chi connectivity index (χ0n) is 22.5. The number of pyridine rings is 1. The summed E-state index contributed by atoms with van der Waals surface area (Å²) >= 11 is 1.22. The van der Waals surface area contributed by atoms with Crippen molar-refractivity contribution in [3.63, 3.8) is 0 Å². The van der Waals surface area contributed by atoms with Crippen LogP contribution < -0.4 is 0 Å². The number of imidazole rings is 1. The van der Waals surface area contributed by atoms with Crippen LogP contribution in [-0.4, -0.2) is 87.9 Å². The van der Waals surface area contributed by atoms with E-state index in [1.165, 1.54) is 29.7 Å². The normalized spacial score (nSPS) is 21.8. The first kappa shape index (κ1) is 27.2. The van der Waals surface area contributed by atoms with Gasteiger partial charge in [-0.1, -0.05) is 18.2 Å². The lowest BCUT2D eigenvalue weighted by molar-refractivity contribution is -0.00314. The standard InChI is InChI=1S/C28H32FN7O2S2/c1-20(21-6-8-22(29)9-7-21)36-19-30-14-25(36)26-18-33(2)16-24-17-34(11-12-35(24)26)40(37,38)28-15-32-27(39-28)13-23-5-3-4-10-31-23/h3-10,14-15,19-20,24,26H,11-13,16-18H2,1-2H3/t20-,24?,26?/m1/s1. The molecule has 5 heterocycles. The summed E-state index contributed by atoms with van der Waals surface area (Å²) in [5, 5.41) is 0.733. The average molecular weight is 582 g/mol. The van der Waals surface area contributed by atoms with Gasteiger partial charge >= 0.3 is 0 Å². The smallest absolute Gasteiger partial charge is 0.254 e. The molecule has 0 saturated carbocycles. The van der Waals surface area contributed by atoms with E-state index in [9.17, 15) is 12.8 Å². The van der Waals surface area contributed by atoms with Crippen molar-refractivity contribution < 1.29 is 12.8 Å². The van der Waals surface area contributed by atoms with Crippen molar-refractivity contribution in [1.82, 2.24) is 33.6 Å². The second kappa shape index (κ2) is 11.1. The number of hydrogen-bond donors (Lipinski definition) is 0. The van der Waals surface area contributed by atoms with Crippen LogP contribution in [0.25, 0.3) is 0 Å². The minimum Gasteiger partial charge on any atom is -0.326 e. The van der Waals surface area contributed by atoms with Crippen molar-refractivity contribution in [2.45, 2.75) is 35.7 Å². The number of nitrogens with zero attached hydrogens (tertiary/aromatic N) is 7. The van der Waals surface area contributed by atoms with Crippen molar-refractivity contribution in [2.24, 2.45) is 0 Å². The van der Waals surface area contributed by atoms with E-state index in [0.717, 1.165) is 35.0 Å². The van der Waals surface area contributed by atoms with Gasteiger partial charge in [-0.05, 0) is 43.8 Å². The van der Waals surface area contributed by atoms with E-state index >= 15 is 0 Å². The number of aromatic nitrogens is 4. The Morgan fingerprint density at radius 2 is 1.88 bits per heavy atom. The van der Waals surface area contributed by atoms with Crippen LogP contribution in [-0.2, 0) is 16.4 Å². The van der Waals surface area contributed by atoms with Crippen LogP contribution in [0.3, 0.4) is 0 Å². The summed E-state index contributed by atoms with van der Waals surface area (Å²) in [4.78, 5) is 17.9. The maximum atomic E-state index is 13.7. The Morgan fingerprint density at radius 3 is 2.65 bits per heavy atom. The van der Waals surface area contributed by atoms with E-state index in [4.69, 9.17) is 0 Å². The first-order valence-corrected chi connectivity index (χ1v) is 15.6. The summed E-state index contributed by atoms with van der Waals surface area (Å²) in [5.41, 5.74) is 2.94. The molecule has 0 bridgehead atoms.